The van der Waals surface area contributed by atoms with Crippen LogP contribution in [0.5, 0.6) is 0 Å². The Bertz CT molecular complexity index is 261. The maximum absolute atomic E-state index is 11.8. The first-order valence-corrected chi connectivity index (χ1v) is 5.20. The average Bonchev–Trinajstić information content (AvgIpc) is 2.27. The molecular formula is C12H18FNO. The fourth-order valence-electron chi connectivity index (χ4n) is 1.34. The van der Waals surface area contributed by atoms with Crippen molar-refractivity contribution in [2.45, 2.75) is 19.6 Å². The van der Waals surface area contributed by atoms with Gasteiger partial charge < -0.3 is 10.1 Å². The Hall–Kier alpha value is -0.930. The number of rotatable bonds is 7. The molecule has 84 valence electrons. The van der Waals surface area contributed by atoms with E-state index >= 15 is 0 Å². The maximum Gasteiger partial charge on any atom is 0.0906 e. The molecule has 2 nitrogen and oxygen atoms in total. The van der Waals surface area contributed by atoms with E-state index in [9.17, 15) is 4.39 Å². The molecular weight excluding hydrogens is 193 g/mol. The Kier molecular flexibility index (Phi) is 5.97. The summed E-state index contributed by atoms with van der Waals surface area (Å²) in [5.74, 6) is 0. The van der Waals surface area contributed by atoms with Gasteiger partial charge in [-0.1, -0.05) is 24.3 Å². The third-order valence-electron chi connectivity index (χ3n) is 2.15. The minimum Gasteiger partial charge on any atom is -0.380 e. The van der Waals surface area contributed by atoms with Gasteiger partial charge in [-0.05, 0) is 24.1 Å². The van der Waals surface area contributed by atoms with E-state index < -0.39 is 0 Å². The highest BCUT2D eigenvalue weighted by Crippen LogP contribution is 2.05. The third kappa shape index (κ3) is 4.91. The first-order chi connectivity index (χ1) is 7.36. The van der Waals surface area contributed by atoms with Crippen molar-refractivity contribution < 1.29 is 9.13 Å². The molecule has 0 aliphatic carbocycles. The summed E-state index contributed by atoms with van der Waals surface area (Å²) < 4.78 is 16.8. The second-order valence-corrected chi connectivity index (χ2v) is 3.47. The first-order valence-electron chi connectivity index (χ1n) is 5.20. The van der Waals surface area contributed by atoms with Crippen molar-refractivity contribution in [1.29, 1.82) is 0 Å². The standard InChI is InChI=1S/C12H18FNO/c1-15-10-12-5-3-11(4-6-12)9-14-8-2-7-13/h3-6,14H,2,7-10H2,1H3. The molecule has 0 saturated carbocycles. The topological polar surface area (TPSA) is 21.3 Å². The van der Waals surface area contributed by atoms with Gasteiger partial charge in [-0.15, -0.1) is 0 Å². The van der Waals surface area contributed by atoms with Gasteiger partial charge in [0, 0.05) is 13.7 Å². The van der Waals surface area contributed by atoms with Crippen molar-refractivity contribution in [2.75, 3.05) is 20.3 Å². The summed E-state index contributed by atoms with van der Waals surface area (Å²) in [5, 5.41) is 3.18. The Morgan fingerprint density at radius 3 is 2.47 bits per heavy atom. The van der Waals surface area contributed by atoms with Gasteiger partial charge in [0.1, 0.15) is 0 Å². The van der Waals surface area contributed by atoms with E-state index in [1.165, 1.54) is 11.1 Å². The highest BCUT2D eigenvalue weighted by Gasteiger charge is 1.94. The average molecular weight is 211 g/mol. The van der Waals surface area contributed by atoms with Crippen LogP contribution in [0, 0.1) is 0 Å². The molecule has 0 radical (unpaired) electrons. The van der Waals surface area contributed by atoms with Crippen LogP contribution in [-0.4, -0.2) is 20.3 Å². The summed E-state index contributed by atoms with van der Waals surface area (Å²) >= 11 is 0. The van der Waals surface area contributed by atoms with Gasteiger partial charge >= 0.3 is 0 Å². The van der Waals surface area contributed by atoms with E-state index in [2.05, 4.69) is 29.6 Å². The van der Waals surface area contributed by atoms with Crippen LogP contribution in [-0.2, 0) is 17.9 Å². The Balaban J connectivity index is 2.29. The third-order valence-corrected chi connectivity index (χ3v) is 2.15. The van der Waals surface area contributed by atoms with Crippen LogP contribution in [0.2, 0.25) is 0 Å². The van der Waals surface area contributed by atoms with Gasteiger partial charge in [-0.3, -0.25) is 4.39 Å². The number of methoxy groups -OCH3 is 1. The molecule has 15 heavy (non-hydrogen) atoms. The van der Waals surface area contributed by atoms with E-state index in [0.29, 0.717) is 13.0 Å². The smallest absolute Gasteiger partial charge is 0.0906 e. The molecule has 3 heteroatoms. The molecule has 0 bridgehead atoms. The van der Waals surface area contributed by atoms with Gasteiger partial charge in [0.05, 0.1) is 13.3 Å². The summed E-state index contributed by atoms with van der Waals surface area (Å²) in [5.41, 5.74) is 2.39. The molecule has 0 fully saturated rings. The van der Waals surface area contributed by atoms with Crippen molar-refractivity contribution >= 4 is 0 Å². The largest absolute Gasteiger partial charge is 0.380 e. The van der Waals surface area contributed by atoms with E-state index in [1.807, 2.05) is 0 Å². The molecule has 0 saturated heterocycles. The van der Waals surface area contributed by atoms with Gasteiger partial charge in [0.15, 0.2) is 0 Å². The predicted molar refractivity (Wildman–Crippen MR) is 59.5 cm³/mol. The maximum atomic E-state index is 11.8. The number of halogens is 1. The van der Waals surface area contributed by atoms with Crippen LogP contribution >= 0.6 is 0 Å². The summed E-state index contributed by atoms with van der Waals surface area (Å²) in [6.45, 7) is 1.93. The van der Waals surface area contributed by atoms with Gasteiger partial charge in [-0.25, -0.2) is 0 Å². The summed E-state index contributed by atoms with van der Waals surface area (Å²) in [6, 6.07) is 8.24. The van der Waals surface area contributed by atoms with Crippen LogP contribution in [0.4, 0.5) is 4.39 Å². The highest BCUT2D eigenvalue weighted by atomic mass is 19.1. The Morgan fingerprint density at radius 2 is 1.87 bits per heavy atom. The van der Waals surface area contributed by atoms with Crippen molar-refractivity contribution in [1.82, 2.24) is 5.32 Å². The minimum atomic E-state index is -0.250. The van der Waals surface area contributed by atoms with Crippen molar-refractivity contribution in [2.24, 2.45) is 0 Å². The highest BCUT2D eigenvalue weighted by molar-refractivity contribution is 5.21. The van der Waals surface area contributed by atoms with Gasteiger partial charge in [-0.2, -0.15) is 0 Å². The Morgan fingerprint density at radius 1 is 1.20 bits per heavy atom. The molecule has 1 N–H and O–H groups in total. The van der Waals surface area contributed by atoms with E-state index in [-0.39, 0.29) is 6.67 Å². The summed E-state index contributed by atoms with van der Waals surface area (Å²) in [6.07, 6.45) is 0.585. The molecule has 0 aromatic heterocycles. The van der Waals surface area contributed by atoms with Crippen LogP contribution in [0.3, 0.4) is 0 Å². The summed E-state index contributed by atoms with van der Waals surface area (Å²) in [4.78, 5) is 0. The number of hydrogen-bond acceptors (Lipinski definition) is 2. The molecule has 1 aromatic carbocycles. The fraction of sp³-hybridized carbons (Fsp3) is 0.500. The molecule has 1 rings (SSSR count). The zero-order chi connectivity index (χ0) is 10.9. The van der Waals surface area contributed by atoms with Gasteiger partial charge in [0.2, 0.25) is 0 Å². The number of nitrogens with one attached hydrogen (secondary N) is 1. The fourth-order valence-corrected chi connectivity index (χ4v) is 1.34. The lowest BCUT2D eigenvalue weighted by Gasteiger charge is -2.05. The lowest BCUT2D eigenvalue weighted by Crippen LogP contribution is -2.15. The molecule has 0 spiro atoms. The second-order valence-electron chi connectivity index (χ2n) is 3.47. The number of hydrogen-bond donors (Lipinski definition) is 1. The summed E-state index contributed by atoms with van der Waals surface area (Å²) in [7, 11) is 1.69. The van der Waals surface area contributed by atoms with Crippen molar-refractivity contribution in [3.63, 3.8) is 0 Å². The predicted octanol–water partition coefficient (Wildman–Crippen LogP) is 2.28. The lowest BCUT2D eigenvalue weighted by atomic mass is 10.1. The lowest BCUT2D eigenvalue weighted by molar-refractivity contribution is 0.185. The molecule has 0 atom stereocenters. The van der Waals surface area contributed by atoms with Crippen LogP contribution < -0.4 is 5.32 Å². The van der Waals surface area contributed by atoms with E-state index in [4.69, 9.17) is 4.74 Å². The van der Waals surface area contributed by atoms with Crippen molar-refractivity contribution in [3.05, 3.63) is 35.4 Å². The van der Waals surface area contributed by atoms with Crippen LogP contribution in [0.25, 0.3) is 0 Å². The molecule has 0 amide bonds. The number of alkyl halides is 1. The molecule has 0 aliphatic rings. The van der Waals surface area contributed by atoms with Crippen LogP contribution in [0.1, 0.15) is 17.5 Å². The second kappa shape index (κ2) is 7.37. The van der Waals surface area contributed by atoms with Crippen molar-refractivity contribution in [3.8, 4) is 0 Å². The van der Waals surface area contributed by atoms with Gasteiger partial charge in [0.25, 0.3) is 0 Å². The van der Waals surface area contributed by atoms with E-state index in [1.54, 1.807) is 7.11 Å². The quantitative estimate of drug-likeness (QED) is 0.699. The molecule has 0 unspecified atom stereocenters. The first kappa shape index (κ1) is 12.1. The normalized spacial score (nSPS) is 10.5. The monoisotopic (exact) mass is 211 g/mol. The SMILES string of the molecule is COCc1ccc(CNCCCF)cc1. The minimum absolute atomic E-state index is 0.250. The van der Waals surface area contributed by atoms with E-state index in [0.717, 1.165) is 13.1 Å². The van der Waals surface area contributed by atoms with Crippen LogP contribution in [0.15, 0.2) is 24.3 Å². The zero-order valence-electron chi connectivity index (χ0n) is 9.13. The number of benzene rings is 1. The molecule has 0 heterocycles. The molecule has 1 aromatic rings. The zero-order valence-corrected chi connectivity index (χ0v) is 9.13. The number of ether oxygens (including phenoxy) is 1. The Labute approximate surface area is 90.4 Å². The molecule has 0 aliphatic heterocycles.